The van der Waals surface area contributed by atoms with Gasteiger partial charge in [-0.3, -0.25) is 4.90 Å². The molecule has 1 aromatic carbocycles. The second-order valence-electron chi connectivity index (χ2n) is 6.81. The molecular weight excluding hydrogens is 270 g/mol. The van der Waals surface area contributed by atoms with Gasteiger partial charge in [-0.25, -0.2) is 8.78 Å². The third kappa shape index (κ3) is 3.27. The van der Waals surface area contributed by atoms with Crippen molar-refractivity contribution >= 4 is 0 Å². The van der Waals surface area contributed by atoms with Crippen molar-refractivity contribution in [3.8, 4) is 0 Å². The fourth-order valence-corrected chi connectivity index (χ4v) is 3.40. The van der Waals surface area contributed by atoms with E-state index in [-0.39, 0.29) is 0 Å². The maximum Gasteiger partial charge on any atom is 0.163 e. The van der Waals surface area contributed by atoms with Crippen LogP contribution in [0.1, 0.15) is 32.3 Å². The van der Waals surface area contributed by atoms with Crippen LogP contribution in [0.3, 0.4) is 0 Å². The van der Waals surface area contributed by atoms with Crippen LogP contribution < -0.4 is 5.32 Å². The van der Waals surface area contributed by atoms with Gasteiger partial charge < -0.3 is 5.32 Å². The van der Waals surface area contributed by atoms with Gasteiger partial charge in [-0.2, -0.15) is 0 Å². The Bertz CT molecular complexity index is 500. The van der Waals surface area contributed by atoms with Crippen LogP contribution >= 0.6 is 0 Å². The van der Waals surface area contributed by atoms with E-state index in [4.69, 9.17) is 0 Å². The Hall–Kier alpha value is -1.00. The van der Waals surface area contributed by atoms with Gasteiger partial charge in [0.1, 0.15) is 0 Å². The molecule has 0 amide bonds. The first-order valence-electron chi connectivity index (χ1n) is 7.96. The van der Waals surface area contributed by atoms with Crippen molar-refractivity contribution < 1.29 is 8.78 Å². The van der Waals surface area contributed by atoms with Gasteiger partial charge in [-0.1, -0.05) is 26.0 Å². The molecule has 2 unspecified atom stereocenters. The van der Waals surface area contributed by atoms with E-state index in [1.54, 1.807) is 12.1 Å². The second kappa shape index (κ2) is 6.01. The molecule has 1 aliphatic carbocycles. The van der Waals surface area contributed by atoms with Crippen LogP contribution in [-0.2, 0) is 6.54 Å². The number of benzene rings is 1. The molecule has 1 saturated carbocycles. The van der Waals surface area contributed by atoms with Crippen LogP contribution in [0.2, 0.25) is 0 Å². The quantitative estimate of drug-likeness (QED) is 0.917. The number of hydrogen-bond donors (Lipinski definition) is 1. The smallest absolute Gasteiger partial charge is 0.163 e. The maximum atomic E-state index is 13.9. The molecule has 2 atom stereocenters. The highest BCUT2D eigenvalue weighted by Gasteiger charge is 2.38. The van der Waals surface area contributed by atoms with Gasteiger partial charge >= 0.3 is 0 Å². The summed E-state index contributed by atoms with van der Waals surface area (Å²) in [5, 5.41) is 3.64. The van der Waals surface area contributed by atoms with Gasteiger partial charge in [-0.05, 0) is 30.7 Å². The van der Waals surface area contributed by atoms with Crippen LogP contribution in [0.4, 0.5) is 8.78 Å². The molecular formula is C17H24F2N2. The largest absolute Gasteiger partial charge is 0.311 e. The predicted molar refractivity (Wildman–Crippen MR) is 79.9 cm³/mol. The Labute approximate surface area is 125 Å². The standard InChI is InChI=1S/C17H24F2N2/c1-11(2)16-8-20-15(12-6-7-12)10-21(16)9-13-4-3-5-14(18)17(13)19/h3-5,11-12,15-16,20H,6-10H2,1-2H3. The summed E-state index contributed by atoms with van der Waals surface area (Å²) in [6.45, 7) is 6.76. The van der Waals surface area contributed by atoms with Crippen molar-refractivity contribution in [1.82, 2.24) is 10.2 Å². The number of nitrogens with one attached hydrogen (secondary N) is 1. The van der Waals surface area contributed by atoms with Gasteiger partial charge in [0.25, 0.3) is 0 Å². The topological polar surface area (TPSA) is 15.3 Å². The minimum absolute atomic E-state index is 0.377. The lowest BCUT2D eigenvalue weighted by Gasteiger charge is -2.42. The third-order valence-corrected chi connectivity index (χ3v) is 4.85. The van der Waals surface area contributed by atoms with E-state index < -0.39 is 11.6 Å². The zero-order chi connectivity index (χ0) is 15.0. The molecule has 21 heavy (non-hydrogen) atoms. The van der Waals surface area contributed by atoms with Crippen LogP contribution in [0.5, 0.6) is 0 Å². The summed E-state index contributed by atoms with van der Waals surface area (Å²) in [5.41, 5.74) is 0.470. The molecule has 4 heteroatoms. The van der Waals surface area contributed by atoms with Crippen LogP contribution in [0.25, 0.3) is 0 Å². The van der Waals surface area contributed by atoms with Crippen molar-refractivity contribution in [3.63, 3.8) is 0 Å². The lowest BCUT2D eigenvalue weighted by atomic mass is 9.96. The number of halogens is 2. The first kappa shape index (κ1) is 14.9. The van der Waals surface area contributed by atoms with E-state index in [1.807, 2.05) is 0 Å². The van der Waals surface area contributed by atoms with Crippen molar-refractivity contribution in [3.05, 3.63) is 35.4 Å². The normalized spacial score (nSPS) is 27.3. The molecule has 1 saturated heterocycles. The number of piperazine rings is 1. The minimum atomic E-state index is -0.748. The predicted octanol–water partition coefficient (Wildman–Crippen LogP) is 3.17. The molecule has 3 rings (SSSR count). The molecule has 1 N–H and O–H groups in total. The highest BCUT2D eigenvalue weighted by atomic mass is 19.2. The molecule has 1 aromatic rings. The second-order valence-corrected chi connectivity index (χ2v) is 6.81. The number of rotatable bonds is 4. The highest BCUT2D eigenvalue weighted by molar-refractivity contribution is 5.19. The molecule has 0 bridgehead atoms. The Morgan fingerprint density at radius 3 is 2.71 bits per heavy atom. The summed E-state index contributed by atoms with van der Waals surface area (Å²) < 4.78 is 27.3. The SMILES string of the molecule is CC(C)C1CNC(C2CC2)CN1Cc1cccc(F)c1F. The number of nitrogens with zero attached hydrogens (tertiary/aromatic N) is 1. The maximum absolute atomic E-state index is 13.9. The van der Waals surface area contributed by atoms with E-state index in [0.29, 0.717) is 30.1 Å². The van der Waals surface area contributed by atoms with Gasteiger partial charge in [0.15, 0.2) is 11.6 Å². The van der Waals surface area contributed by atoms with E-state index in [0.717, 1.165) is 19.0 Å². The molecule has 0 radical (unpaired) electrons. The number of hydrogen-bond acceptors (Lipinski definition) is 2. The van der Waals surface area contributed by atoms with Crippen molar-refractivity contribution in [2.24, 2.45) is 11.8 Å². The fourth-order valence-electron chi connectivity index (χ4n) is 3.40. The van der Waals surface area contributed by atoms with Crippen LogP contribution in [0.15, 0.2) is 18.2 Å². The third-order valence-electron chi connectivity index (χ3n) is 4.85. The van der Waals surface area contributed by atoms with E-state index in [9.17, 15) is 8.78 Å². The average Bonchev–Trinajstić information content (AvgIpc) is 3.28. The molecule has 2 nitrogen and oxygen atoms in total. The Morgan fingerprint density at radius 2 is 2.05 bits per heavy atom. The van der Waals surface area contributed by atoms with Crippen molar-refractivity contribution in [1.29, 1.82) is 0 Å². The van der Waals surface area contributed by atoms with Gasteiger partial charge in [0.2, 0.25) is 0 Å². The summed E-state index contributed by atoms with van der Waals surface area (Å²) in [5.74, 6) is -0.170. The highest BCUT2D eigenvalue weighted by Crippen LogP contribution is 2.35. The zero-order valence-corrected chi connectivity index (χ0v) is 12.8. The fraction of sp³-hybridized carbons (Fsp3) is 0.647. The summed E-state index contributed by atoms with van der Waals surface area (Å²) in [7, 11) is 0. The van der Waals surface area contributed by atoms with Crippen molar-refractivity contribution in [2.45, 2.75) is 45.3 Å². The lowest BCUT2D eigenvalue weighted by Crippen LogP contribution is -2.58. The molecule has 2 aliphatic rings. The van der Waals surface area contributed by atoms with Crippen molar-refractivity contribution in [2.75, 3.05) is 13.1 Å². The summed E-state index contributed by atoms with van der Waals surface area (Å²) in [6.07, 6.45) is 2.60. The molecule has 0 spiro atoms. The zero-order valence-electron chi connectivity index (χ0n) is 12.8. The summed E-state index contributed by atoms with van der Waals surface area (Å²) >= 11 is 0. The summed E-state index contributed by atoms with van der Waals surface area (Å²) in [6, 6.07) is 5.37. The molecule has 0 aromatic heterocycles. The van der Waals surface area contributed by atoms with E-state index >= 15 is 0 Å². The van der Waals surface area contributed by atoms with Crippen LogP contribution in [-0.4, -0.2) is 30.1 Å². The van der Waals surface area contributed by atoms with Gasteiger partial charge in [-0.15, -0.1) is 0 Å². The monoisotopic (exact) mass is 294 g/mol. The van der Waals surface area contributed by atoms with E-state index in [2.05, 4.69) is 24.1 Å². The average molecular weight is 294 g/mol. The first-order valence-corrected chi connectivity index (χ1v) is 7.96. The Morgan fingerprint density at radius 1 is 1.29 bits per heavy atom. The lowest BCUT2D eigenvalue weighted by molar-refractivity contribution is 0.0839. The molecule has 1 heterocycles. The molecule has 116 valence electrons. The first-order chi connectivity index (χ1) is 10.1. The van der Waals surface area contributed by atoms with E-state index in [1.165, 1.54) is 18.9 Å². The van der Waals surface area contributed by atoms with Gasteiger partial charge in [0.05, 0.1) is 0 Å². The summed E-state index contributed by atoms with van der Waals surface area (Å²) in [4.78, 5) is 2.34. The van der Waals surface area contributed by atoms with Gasteiger partial charge in [0, 0.05) is 37.3 Å². The Balaban J connectivity index is 1.76. The molecule has 2 fully saturated rings. The van der Waals surface area contributed by atoms with Crippen LogP contribution in [0, 0.1) is 23.5 Å². The minimum Gasteiger partial charge on any atom is -0.311 e. The Kier molecular flexibility index (Phi) is 4.27. The molecule has 1 aliphatic heterocycles.